The molecule has 0 unspecified atom stereocenters. The molecular weight excluding hydrogens is 1830 g/mol. The maximum Gasteiger partial charge on any atom is 0.416 e. The van der Waals surface area contributed by atoms with Crippen molar-refractivity contribution in [1.82, 2.24) is 82.8 Å². The van der Waals surface area contributed by atoms with E-state index in [2.05, 4.69) is 113 Å². The molecule has 0 amide bonds. The Morgan fingerprint density at radius 1 is 0.362 bits per heavy atom. The summed E-state index contributed by atoms with van der Waals surface area (Å²) in [5, 5.41) is 17.0. The summed E-state index contributed by atoms with van der Waals surface area (Å²) in [5.41, 5.74) is 15.3. The van der Waals surface area contributed by atoms with Crippen LogP contribution in [0.3, 0.4) is 0 Å². The summed E-state index contributed by atoms with van der Waals surface area (Å²) in [4.78, 5) is 75.1. The molecule has 1 fully saturated rings. The lowest BCUT2D eigenvalue weighted by Crippen LogP contribution is -2.18. The molecule has 0 N–H and O–H groups in total. The van der Waals surface area contributed by atoms with Gasteiger partial charge in [0.1, 0.15) is 29.1 Å². The molecule has 33 heteroatoms. The van der Waals surface area contributed by atoms with Gasteiger partial charge < -0.3 is 4.57 Å². The Morgan fingerprint density at radius 2 is 0.766 bits per heavy atom. The largest absolute Gasteiger partial charge is 0.416 e. The van der Waals surface area contributed by atoms with E-state index >= 15 is 0 Å². The average Bonchev–Trinajstić information content (AvgIpc) is 1.44. The molecule has 10 aromatic heterocycles. The zero-order valence-corrected chi connectivity index (χ0v) is 75.2. The second-order valence-electron chi connectivity index (χ2n) is 33.1. The maximum absolute atomic E-state index is 13.9. The van der Waals surface area contributed by atoms with Gasteiger partial charge in [-0.2, -0.15) is 73.1 Å². The van der Waals surface area contributed by atoms with E-state index in [9.17, 15) is 67.1 Å². The van der Waals surface area contributed by atoms with Crippen molar-refractivity contribution >= 4 is 51.3 Å². The van der Waals surface area contributed by atoms with Crippen molar-refractivity contribution in [2.75, 3.05) is 13.1 Å². The lowest BCUT2D eigenvalue weighted by molar-refractivity contribution is -0.138. The number of carbonyl (C=O) groups is 3. The van der Waals surface area contributed by atoms with Gasteiger partial charge in [-0.3, -0.25) is 24.3 Å². The summed E-state index contributed by atoms with van der Waals surface area (Å²) in [6.07, 6.45) is 5.02. The van der Waals surface area contributed by atoms with Crippen molar-refractivity contribution in [3.05, 3.63) is 421 Å². The topological polar surface area (TPSA) is 231 Å². The smallest absolute Gasteiger partial charge is 0.306 e. The zero-order valence-electron chi connectivity index (χ0n) is 75.2. The Bertz CT molecular complexity index is 8160. The third-order valence-electron chi connectivity index (χ3n) is 23.1. The quantitative estimate of drug-likeness (QED) is 0.0560. The molecule has 20 rings (SSSR count). The highest BCUT2D eigenvalue weighted by Crippen LogP contribution is 2.39. The number of fused-ring (bicyclic) bond motifs is 5. The molecule has 0 aliphatic carbocycles. The van der Waals surface area contributed by atoms with Crippen LogP contribution in [0.2, 0.25) is 0 Å². The number of nitrogens with zero attached hydrogens (tertiary/aromatic N) is 18. The first kappa shape index (κ1) is 95.3. The minimum absolute atomic E-state index is 0.00521. The minimum Gasteiger partial charge on any atom is -0.306 e. The van der Waals surface area contributed by atoms with Gasteiger partial charge in [-0.1, -0.05) is 96.5 Å². The lowest BCUT2D eigenvalue weighted by Gasteiger charge is -2.13. The molecule has 2 aliphatic rings. The number of hydrogen-bond donors (Lipinski definition) is 0. The molecule has 0 radical (unpaired) electrons. The normalized spacial score (nSPS) is 12.4. The Balaban J connectivity index is 0.000000131. The zero-order chi connectivity index (χ0) is 98.9. The third-order valence-corrected chi connectivity index (χ3v) is 23.1. The summed E-state index contributed by atoms with van der Waals surface area (Å²) in [6, 6.07) is 51.3. The van der Waals surface area contributed by atoms with Crippen molar-refractivity contribution in [2.24, 2.45) is 4.99 Å². The Morgan fingerprint density at radius 3 is 1.21 bits per heavy atom. The van der Waals surface area contributed by atoms with Crippen LogP contribution in [0.4, 0.5) is 58.4 Å². The number of aryl methyl sites for hydroxylation is 4. The number of aliphatic imine (C=N–C) groups is 1. The fourth-order valence-corrected chi connectivity index (χ4v) is 15.5. The minimum atomic E-state index is -4.57. The Kier molecular flexibility index (Phi) is 27.6. The Labute approximate surface area is 797 Å². The van der Waals surface area contributed by atoms with Crippen LogP contribution in [0.15, 0.2) is 286 Å². The highest BCUT2D eigenvalue weighted by atomic mass is 19.4. The second-order valence-corrected chi connectivity index (χ2v) is 33.1. The lowest BCUT2D eigenvalue weighted by atomic mass is 9.95. The predicted molar refractivity (Wildman–Crippen MR) is 503 cm³/mol. The predicted octanol–water partition coefficient (Wildman–Crippen LogP) is 21.0. The van der Waals surface area contributed by atoms with E-state index in [-0.39, 0.29) is 53.3 Å². The highest BCUT2D eigenvalue weighted by Gasteiger charge is 2.36. The number of likely N-dealkylation sites (tertiary alicyclic amines) is 1. The van der Waals surface area contributed by atoms with E-state index in [1.54, 1.807) is 163 Å². The molecule has 2 aliphatic heterocycles. The molecular formula is C108H76F12N18O3. The molecule has 12 heterocycles. The summed E-state index contributed by atoms with van der Waals surface area (Å²) >= 11 is 0. The number of carbonyl (C=O) groups excluding carboxylic acids is 3. The van der Waals surface area contributed by atoms with Gasteiger partial charge in [0.05, 0.1) is 70.5 Å². The fraction of sp³-hybridized carbons (Fsp3) is 0.157. The summed E-state index contributed by atoms with van der Waals surface area (Å²) in [7, 11) is 0. The van der Waals surface area contributed by atoms with E-state index in [0.717, 1.165) is 125 Å². The van der Waals surface area contributed by atoms with E-state index in [0.29, 0.717) is 114 Å². The second kappa shape index (κ2) is 40.9. The Hall–Kier alpha value is -17.4. The van der Waals surface area contributed by atoms with E-state index in [1.165, 1.54) is 43.2 Å². The number of benzene rings is 8. The van der Waals surface area contributed by atoms with Gasteiger partial charge in [-0.05, 0) is 260 Å². The van der Waals surface area contributed by atoms with Crippen LogP contribution in [-0.4, -0.2) is 119 Å². The molecule has 21 nitrogen and oxygen atoms in total. The third kappa shape index (κ3) is 23.1. The summed E-state index contributed by atoms with van der Waals surface area (Å²) in [6.45, 7) is 10.2. The first-order valence-electron chi connectivity index (χ1n) is 43.8. The number of aromatic nitrogens is 16. The molecule has 18 aromatic rings. The van der Waals surface area contributed by atoms with Crippen molar-refractivity contribution in [1.29, 1.82) is 0 Å². The number of Topliss-reactive ketones (excluding diaryl/α,β-unsaturated/α-hetero) is 3. The van der Waals surface area contributed by atoms with Crippen LogP contribution in [0.5, 0.6) is 0 Å². The molecule has 0 saturated carbocycles. The molecule has 141 heavy (non-hydrogen) atoms. The number of ketones is 3. The molecule has 8 aromatic carbocycles. The highest BCUT2D eigenvalue weighted by molar-refractivity contribution is 6.07. The van der Waals surface area contributed by atoms with Gasteiger partial charge in [0.2, 0.25) is 0 Å². The van der Waals surface area contributed by atoms with Crippen molar-refractivity contribution in [3.63, 3.8) is 0 Å². The maximum atomic E-state index is 13.9. The van der Waals surface area contributed by atoms with Crippen molar-refractivity contribution < 1.29 is 67.1 Å². The van der Waals surface area contributed by atoms with Crippen LogP contribution in [0.25, 0.3) is 39.4 Å². The van der Waals surface area contributed by atoms with Gasteiger partial charge in [-0.25, -0.2) is 52.9 Å². The number of alkyl halides is 12. The SMILES string of the molecule is Cc1ccc(C(=O)Cc2cc(-c3cncnc3)cc(C(F)(F)F)c2)cc1C#Cc1cnc2cccnn12.Cc1ccc(C(=O)Cc2cc(-n3cnc(CN4CCCC4)c3)cc(C(F)(F)F)c2)cc1C#Cc1cnc2cccnn12.Cc1ccc(C(=O)Cc2ccc(C(F)(F)F)cc2)cc1C#Cc1cnc2cccnn12.Cc1ccc(C2=Nc3cc(C(F)(F)F)ccc3C2)cc1C#Cc1cnc2cccnn12. The molecule has 0 spiro atoms. The van der Waals surface area contributed by atoms with E-state index < -0.39 is 47.0 Å². The standard InChI is InChI=1S/C32H27F3N6O.C28H18F3N5O.C24H15F3N4.C24H16F3N3O/c1-22-6-7-25(16-24(22)8-9-28-18-36-31-5-4-10-38-41(28)31)30(42)15-23-13-26(32(33,34)35)17-29(14-23)40-20-27(37-21-40)19-39-11-2-3-12-39;1-18-4-5-21(12-20(18)6-7-25-16-34-27-3-2-8-35-36(25)27)26(37)11-19-9-22(23-14-32-17-33-15-23)13-24(10-19)28(29,30)31;1-15-4-5-17(21-12-18-6-8-19(24(25,26)27)13-22(18)30-21)11-16(15)7-9-20-14-28-23-3-2-10-29-31(20)23;1-16-4-7-19(22(31)13-17-5-9-20(10-6-17)24(25,26)27)14-18(16)8-11-21-15-28-23-3-2-12-29-30(21)23/h4-7,10,13-14,16-18,20-21H,2-3,11-12,15,19H2,1H3;2-5,8-10,12-17H,11H2,1H3;2-6,8,10-11,13-14H,12H2,1H3;2-7,9-10,12,14-15H,13H2,1H3. The van der Waals surface area contributed by atoms with E-state index in [1.807, 2.05) is 76.2 Å². The summed E-state index contributed by atoms with van der Waals surface area (Å²) in [5.74, 6) is 23.8. The van der Waals surface area contributed by atoms with Gasteiger partial charge in [0, 0.05) is 126 Å². The van der Waals surface area contributed by atoms with E-state index in [4.69, 9.17) is 0 Å². The van der Waals surface area contributed by atoms with Crippen LogP contribution in [0.1, 0.15) is 167 Å². The monoisotopic (exact) mass is 1900 g/mol. The first-order chi connectivity index (χ1) is 67.7. The van der Waals surface area contributed by atoms with Crippen LogP contribution >= 0.6 is 0 Å². The van der Waals surface area contributed by atoms with Crippen molar-refractivity contribution in [3.8, 4) is 64.2 Å². The number of rotatable bonds is 14. The number of imidazole rings is 5. The van der Waals surface area contributed by atoms with Crippen LogP contribution in [-0.2, 0) is 56.9 Å². The first-order valence-corrected chi connectivity index (χ1v) is 43.8. The molecule has 1 saturated heterocycles. The number of hydrogen-bond acceptors (Lipinski definition) is 16. The van der Waals surface area contributed by atoms with Gasteiger partial charge >= 0.3 is 24.7 Å². The molecule has 700 valence electrons. The average molecular weight is 1900 g/mol. The van der Waals surface area contributed by atoms with Crippen LogP contribution in [0, 0.1) is 75.1 Å². The molecule has 0 atom stereocenters. The summed E-state index contributed by atoms with van der Waals surface area (Å²) < 4.78 is 168. The number of halogens is 12. The van der Waals surface area contributed by atoms with Gasteiger partial charge in [0.15, 0.2) is 39.9 Å². The van der Waals surface area contributed by atoms with Gasteiger partial charge in [0.25, 0.3) is 0 Å². The van der Waals surface area contributed by atoms with Gasteiger partial charge in [-0.15, -0.1) is 0 Å². The van der Waals surface area contributed by atoms with Crippen LogP contribution < -0.4 is 0 Å². The fourth-order valence-electron chi connectivity index (χ4n) is 15.5. The molecule has 0 bridgehead atoms. The van der Waals surface area contributed by atoms with Crippen molar-refractivity contribution in [2.45, 2.75) is 97.5 Å².